The Kier molecular flexibility index (Phi) is 1.83. The molecule has 0 spiro atoms. The Morgan fingerprint density at radius 2 is 2.13 bits per heavy atom. The maximum absolute atomic E-state index is 6.15. The van der Waals surface area contributed by atoms with Crippen molar-refractivity contribution in [2.75, 3.05) is 13.7 Å². The molecule has 4 aliphatic rings. The van der Waals surface area contributed by atoms with E-state index in [2.05, 4.69) is 23.9 Å². The predicted octanol–water partition coefficient (Wildman–Crippen LogP) is 1.71. The lowest BCUT2D eigenvalue weighted by Gasteiger charge is -2.32. The number of methoxy groups -OCH3 is 1. The van der Waals surface area contributed by atoms with Gasteiger partial charge >= 0.3 is 0 Å². The third kappa shape index (κ3) is 1.04. The first-order valence-electron chi connectivity index (χ1n) is 5.86. The summed E-state index contributed by atoms with van der Waals surface area (Å²) in [5, 5.41) is 1.51. The van der Waals surface area contributed by atoms with Gasteiger partial charge < -0.3 is 9.47 Å². The van der Waals surface area contributed by atoms with Crippen LogP contribution in [0.3, 0.4) is 0 Å². The van der Waals surface area contributed by atoms with Crippen LogP contribution in [0.15, 0.2) is 12.2 Å². The van der Waals surface area contributed by atoms with Gasteiger partial charge in [0.25, 0.3) is 0 Å². The van der Waals surface area contributed by atoms with E-state index in [4.69, 9.17) is 9.47 Å². The largest absolute Gasteiger partial charge is 0.384 e. The second kappa shape index (κ2) is 3.02. The van der Waals surface area contributed by atoms with Gasteiger partial charge in [0.1, 0.15) is 0 Å². The molecule has 7 unspecified atom stereocenters. The molecule has 15 heavy (non-hydrogen) atoms. The van der Waals surface area contributed by atoms with Crippen molar-refractivity contribution in [2.24, 2.45) is 17.8 Å². The second-order valence-corrected chi connectivity index (χ2v) is 6.56. The minimum absolute atomic E-state index is 0.493. The smallest absolute Gasteiger partial charge is 0.0676 e. The first-order chi connectivity index (χ1) is 7.38. The molecule has 4 heterocycles. The number of hydrogen-bond acceptors (Lipinski definition) is 3. The lowest BCUT2D eigenvalue weighted by molar-refractivity contribution is 0.0514. The number of thioether (sulfide) groups is 1. The van der Waals surface area contributed by atoms with Crippen LogP contribution in [0.25, 0.3) is 0 Å². The summed E-state index contributed by atoms with van der Waals surface area (Å²) < 4.78 is 11.5. The summed E-state index contributed by atoms with van der Waals surface area (Å²) in [7, 11) is 1.80. The van der Waals surface area contributed by atoms with Gasteiger partial charge in [-0.15, -0.1) is 11.8 Å². The SMILES string of the molecule is COCC1CC2OC1C1C3C=CC(S3)C21. The predicted molar refractivity (Wildman–Crippen MR) is 59.9 cm³/mol. The first-order valence-corrected chi connectivity index (χ1v) is 6.81. The molecule has 0 aliphatic carbocycles. The molecule has 3 heteroatoms. The van der Waals surface area contributed by atoms with Crippen molar-refractivity contribution in [3.63, 3.8) is 0 Å². The minimum atomic E-state index is 0.493. The molecule has 0 radical (unpaired) electrons. The van der Waals surface area contributed by atoms with Gasteiger partial charge in [-0.25, -0.2) is 0 Å². The van der Waals surface area contributed by atoms with Crippen LogP contribution in [-0.2, 0) is 9.47 Å². The summed E-state index contributed by atoms with van der Waals surface area (Å²) in [6, 6.07) is 0. The fourth-order valence-corrected chi connectivity index (χ4v) is 5.85. The number of fused-ring (bicyclic) bond motifs is 9. The summed E-state index contributed by atoms with van der Waals surface area (Å²) in [6.45, 7) is 0.885. The molecular weight excluding hydrogens is 208 g/mol. The van der Waals surface area contributed by atoms with Crippen molar-refractivity contribution in [3.05, 3.63) is 12.2 Å². The van der Waals surface area contributed by atoms with Gasteiger partial charge in [-0.1, -0.05) is 12.2 Å². The molecular formula is C12H16O2S. The average Bonchev–Trinajstić information content (AvgIpc) is 2.95. The quantitative estimate of drug-likeness (QED) is 0.665. The number of rotatable bonds is 2. The van der Waals surface area contributed by atoms with Crippen molar-refractivity contribution < 1.29 is 9.47 Å². The van der Waals surface area contributed by atoms with Crippen LogP contribution in [0.1, 0.15) is 6.42 Å². The van der Waals surface area contributed by atoms with Crippen LogP contribution in [0.2, 0.25) is 0 Å². The van der Waals surface area contributed by atoms with Crippen LogP contribution >= 0.6 is 11.8 Å². The van der Waals surface area contributed by atoms with E-state index in [1.54, 1.807) is 7.11 Å². The Morgan fingerprint density at radius 1 is 1.33 bits per heavy atom. The van der Waals surface area contributed by atoms with E-state index in [1.807, 2.05) is 0 Å². The van der Waals surface area contributed by atoms with Crippen molar-refractivity contribution in [3.8, 4) is 0 Å². The van der Waals surface area contributed by atoms with Crippen molar-refractivity contribution in [1.82, 2.24) is 0 Å². The standard InChI is InChI=1S/C12H16O2S/c1-13-5-6-4-7-10-8-2-3-9(15-8)11(10)12(6)14-7/h2-3,6-12H,4-5H2,1H3. The van der Waals surface area contributed by atoms with Gasteiger partial charge in [0, 0.05) is 35.4 Å². The molecule has 2 nitrogen and oxygen atoms in total. The molecule has 82 valence electrons. The summed E-state index contributed by atoms with van der Waals surface area (Å²) in [4.78, 5) is 0. The van der Waals surface area contributed by atoms with Crippen LogP contribution in [-0.4, -0.2) is 36.4 Å². The molecule has 4 aliphatic heterocycles. The highest BCUT2D eigenvalue weighted by Crippen LogP contribution is 2.61. The van der Waals surface area contributed by atoms with Crippen LogP contribution < -0.4 is 0 Å². The Morgan fingerprint density at radius 3 is 2.93 bits per heavy atom. The maximum atomic E-state index is 6.15. The van der Waals surface area contributed by atoms with Crippen LogP contribution in [0.5, 0.6) is 0 Å². The monoisotopic (exact) mass is 224 g/mol. The Balaban J connectivity index is 1.63. The molecule has 0 saturated carbocycles. The molecule has 4 rings (SSSR count). The lowest BCUT2D eigenvalue weighted by atomic mass is 9.70. The van der Waals surface area contributed by atoms with E-state index >= 15 is 0 Å². The van der Waals surface area contributed by atoms with E-state index in [-0.39, 0.29) is 0 Å². The maximum Gasteiger partial charge on any atom is 0.0676 e. The molecule has 0 aromatic carbocycles. The number of ether oxygens (including phenoxy) is 2. The van der Waals surface area contributed by atoms with Gasteiger partial charge in [0.05, 0.1) is 18.8 Å². The van der Waals surface area contributed by atoms with Crippen molar-refractivity contribution in [1.29, 1.82) is 0 Å². The Hall–Kier alpha value is 0.01000. The fraction of sp³-hybridized carbons (Fsp3) is 0.833. The summed E-state index contributed by atoms with van der Waals surface area (Å²) in [5.74, 6) is 2.28. The molecule has 0 aromatic rings. The molecule has 0 aromatic heterocycles. The topological polar surface area (TPSA) is 18.5 Å². The normalized spacial score (nSPS) is 59.1. The average molecular weight is 224 g/mol. The van der Waals surface area contributed by atoms with Gasteiger partial charge in [-0.05, 0) is 6.42 Å². The molecule has 3 fully saturated rings. The minimum Gasteiger partial charge on any atom is -0.384 e. The second-order valence-electron chi connectivity index (χ2n) is 5.20. The Labute approximate surface area is 94.4 Å². The van der Waals surface area contributed by atoms with E-state index in [0.717, 1.165) is 28.9 Å². The fourth-order valence-electron chi connectivity index (χ4n) is 4.06. The van der Waals surface area contributed by atoms with E-state index in [0.29, 0.717) is 18.1 Å². The van der Waals surface area contributed by atoms with Crippen molar-refractivity contribution >= 4 is 11.8 Å². The van der Waals surface area contributed by atoms with Gasteiger partial charge in [0.2, 0.25) is 0 Å². The zero-order valence-corrected chi connectivity index (χ0v) is 9.65. The third-order valence-corrected chi connectivity index (χ3v) is 6.10. The molecule has 0 amide bonds. The van der Waals surface area contributed by atoms with Gasteiger partial charge in [0.15, 0.2) is 0 Å². The zero-order valence-electron chi connectivity index (χ0n) is 8.84. The summed E-state index contributed by atoms with van der Waals surface area (Å²) in [6.07, 6.45) is 7.08. The molecule has 4 bridgehead atoms. The van der Waals surface area contributed by atoms with E-state index in [1.165, 1.54) is 6.42 Å². The highest BCUT2D eigenvalue weighted by Gasteiger charge is 2.62. The number of hydrogen-bond donors (Lipinski definition) is 0. The highest BCUT2D eigenvalue weighted by molar-refractivity contribution is 8.01. The summed E-state index contributed by atoms with van der Waals surface area (Å²) in [5.41, 5.74) is 0. The van der Waals surface area contributed by atoms with Gasteiger partial charge in [-0.2, -0.15) is 0 Å². The Bertz CT molecular complexity index is 317. The van der Waals surface area contributed by atoms with Crippen LogP contribution in [0, 0.1) is 17.8 Å². The first kappa shape index (κ1) is 9.08. The van der Waals surface area contributed by atoms with E-state index in [9.17, 15) is 0 Å². The third-order valence-electron chi connectivity index (χ3n) is 4.53. The van der Waals surface area contributed by atoms with Crippen molar-refractivity contribution in [2.45, 2.75) is 29.1 Å². The molecule has 0 N–H and O–H groups in total. The van der Waals surface area contributed by atoms with Crippen LogP contribution in [0.4, 0.5) is 0 Å². The van der Waals surface area contributed by atoms with E-state index < -0.39 is 0 Å². The highest BCUT2D eigenvalue weighted by atomic mass is 32.2. The molecule has 3 saturated heterocycles. The van der Waals surface area contributed by atoms with Gasteiger partial charge in [-0.3, -0.25) is 0 Å². The lowest BCUT2D eigenvalue weighted by Crippen LogP contribution is -2.39. The summed E-state index contributed by atoms with van der Waals surface area (Å²) >= 11 is 2.16. The molecule has 7 atom stereocenters. The zero-order chi connectivity index (χ0) is 9.99.